The fourth-order valence-electron chi connectivity index (χ4n) is 16.7. The molecule has 0 atom stereocenters. The van der Waals surface area contributed by atoms with Crippen LogP contribution in [0.15, 0.2) is 485 Å². The van der Waals surface area contributed by atoms with Crippen molar-refractivity contribution in [3.8, 4) is 12.1 Å². The zero-order valence-electron chi connectivity index (χ0n) is 74.2. The summed E-state index contributed by atoms with van der Waals surface area (Å²) >= 11 is 0. The van der Waals surface area contributed by atoms with E-state index in [1.54, 1.807) is 24.3 Å². The van der Waals surface area contributed by atoms with Crippen molar-refractivity contribution in [2.45, 2.75) is 0 Å². The first-order valence-corrected chi connectivity index (χ1v) is 43.9. The molecule has 0 unspecified atom stereocenters. The fourth-order valence-corrected chi connectivity index (χ4v) is 16.7. The lowest BCUT2D eigenvalue weighted by Crippen LogP contribution is -2.12. The predicted octanol–water partition coefficient (Wildman–Crippen LogP) is 31.9. The Morgan fingerprint density at radius 2 is 0.403 bits per heavy atom. The Hall–Kier alpha value is -18.4. The molecule has 0 radical (unpaired) electrons. The molecule has 0 aromatic heterocycles. The maximum Gasteiger partial charge on any atom is 0.271 e. The predicted molar refractivity (Wildman–Crippen MR) is 555 cm³/mol. The van der Waals surface area contributed by atoms with Gasteiger partial charge in [0.1, 0.15) is 0 Å². The number of hydrogen-bond acceptors (Lipinski definition) is 14. The highest BCUT2D eigenvalue weighted by molar-refractivity contribution is 6.03. The number of nitro benzene ring substituents is 2. The molecule has 0 heterocycles. The van der Waals surface area contributed by atoms with Gasteiger partial charge in [0.05, 0.1) is 55.9 Å². The molecule has 134 heavy (non-hydrogen) atoms. The minimum Gasteiger partial charge on any atom is -0.345 e. The van der Waals surface area contributed by atoms with Gasteiger partial charge in [0.15, 0.2) is 0 Å². The van der Waals surface area contributed by atoms with E-state index in [2.05, 4.69) is 369 Å². The highest BCUT2D eigenvalue weighted by atomic mass is 16.6. The van der Waals surface area contributed by atoms with Crippen molar-refractivity contribution >= 4 is 168 Å². The average molecular weight is 1740 g/mol. The summed E-state index contributed by atoms with van der Waals surface area (Å²) in [6.45, 7) is 0. The molecule has 0 amide bonds. The summed E-state index contributed by atoms with van der Waals surface area (Å²) in [5, 5.41) is 50.0. The monoisotopic (exact) mass is 1740 g/mol. The molecule has 0 aliphatic rings. The molecular weight excluding hydrogens is 1650 g/mol. The molecule has 16 heteroatoms. The van der Waals surface area contributed by atoms with Crippen LogP contribution in [0.3, 0.4) is 0 Å². The minimum absolute atomic E-state index is 0.0761. The largest absolute Gasteiger partial charge is 0.345 e. The van der Waals surface area contributed by atoms with Crippen LogP contribution < -0.4 is 39.2 Å². The summed E-state index contributed by atoms with van der Waals surface area (Å²) < 4.78 is 0. The van der Waals surface area contributed by atoms with E-state index in [-0.39, 0.29) is 21.2 Å². The van der Waals surface area contributed by atoms with E-state index in [4.69, 9.17) is 5.26 Å². The van der Waals surface area contributed by atoms with Crippen LogP contribution in [0.2, 0.25) is 0 Å². The van der Waals surface area contributed by atoms with E-state index in [1.807, 2.05) is 153 Å². The number of nitriles is 2. The van der Waals surface area contributed by atoms with Gasteiger partial charge in [-0.05, 0) is 252 Å². The Kier molecular flexibility index (Phi) is 26.9. The molecule has 0 aliphatic carbocycles. The van der Waals surface area contributed by atoms with Crippen LogP contribution in [0, 0.1) is 42.9 Å². The SMILES string of the molecule is CN(c1ccc(C#N)cc1)c1ccc(N(c2ccccc2)c2cccc3ccccc23)cc1.CN(c1ccc(N(c2ccccc2)c2cccc3ccccc23)cc1)c1ccc([N+](=O)[O-])cc1.CN(c1ccc(N(c2ccccc2)c2cccc3ccccc23)cc1)c1cccc(C#N)c1.CN(c1ccc(N(c2ccccc2)c2cccc3ccccc23)cc1)c1cccc([N+](=O)[O-])c1. The second kappa shape index (κ2) is 41.2. The third-order valence-electron chi connectivity index (χ3n) is 23.7. The van der Waals surface area contributed by atoms with Gasteiger partial charge >= 0.3 is 0 Å². The van der Waals surface area contributed by atoms with E-state index in [9.17, 15) is 25.5 Å². The van der Waals surface area contributed by atoms with Crippen LogP contribution in [0.1, 0.15) is 11.1 Å². The minimum atomic E-state index is -0.385. The van der Waals surface area contributed by atoms with Crippen molar-refractivity contribution in [1.29, 1.82) is 10.5 Å². The fraction of sp³-hybridized carbons (Fsp3) is 0.0339. The topological polar surface area (TPSA) is 160 Å². The van der Waals surface area contributed by atoms with E-state index >= 15 is 0 Å². The highest BCUT2D eigenvalue weighted by Gasteiger charge is 2.23. The van der Waals surface area contributed by atoms with Crippen LogP contribution >= 0.6 is 0 Å². The molecular formula is C118H92N12O4. The van der Waals surface area contributed by atoms with Crippen molar-refractivity contribution in [2.75, 3.05) is 67.4 Å². The molecule has 20 rings (SSSR count). The second-order valence-electron chi connectivity index (χ2n) is 31.8. The lowest BCUT2D eigenvalue weighted by Gasteiger charge is -2.27. The van der Waals surface area contributed by atoms with Crippen LogP contribution in [-0.4, -0.2) is 38.0 Å². The first kappa shape index (κ1) is 87.7. The maximum atomic E-state index is 11.2. The number of hydrogen-bond donors (Lipinski definition) is 0. The maximum absolute atomic E-state index is 11.2. The first-order valence-electron chi connectivity index (χ1n) is 43.9. The number of nitro groups is 2. The van der Waals surface area contributed by atoms with Gasteiger partial charge in [0, 0.05) is 165 Å². The molecule has 0 saturated carbocycles. The van der Waals surface area contributed by atoms with Gasteiger partial charge in [-0.2, -0.15) is 10.5 Å². The molecule has 0 bridgehead atoms. The lowest BCUT2D eigenvalue weighted by molar-refractivity contribution is -0.385. The van der Waals surface area contributed by atoms with Gasteiger partial charge in [-0.15, -0.1) is 0 Å². The Morgan fingerprint density at radius 1 is 0.194 bits per heavy atom. The van der Waals surface area contributed by atoms with Crippen LogP contribution in [0.25, 0.3) is 43.1 Å². The molecule has 20 aromatic rings. The third-order valence-corrected chi connectivity index (χ3v) is 23.7. The standard InChI is InChI=1S/2C30H23N3.2C29H23N3O2/c1-32(28-14-7-9-23(21-28)22-31)25-17-19-27(20-18-25)33(26-12-3-2-4-13-26)30-16-8-11-24-10-5-6-15-29(24)30;1-32(25-16-14-23(22-31)15-17-25)26-18-20-28(21-19-26)33(27-10-3-2-4-11-27)30-13-7-9-24-8-5-6-12-29(24)30;1-30(26-13-8-14-27(21-26)32(33)34)23-17-19-25(20-18-23)31(24-11-3-2-4-12-24)29-16-7-10-22-9-5-6-15-28(22)29;1-30(24-16-20-27(21-17-24)32(33)34)23-14-18-26(19-15-23)31(25-10-3-2-4-11-25)29-13-7-9-22-8-5-6-12-28(22)29/h2*2-21H,1H3;2*2-21H,1H3. The average Bonchev–Trinajstić information content (AvgIpc) is 0.789. The van der Waals surface area contributed by atoms with Gasteiger partial charge in [0.25, 0.3) is 11.4 Å². The number of rotatable bonds is 22. The quantitative estimate of drug-likeness (QED) is 0.0466. The van der Waals surface area contributed by atoms with Gasteiger partial charge < -0.3 is 39.2 Å². The van der Waals surface area contributed by atoms with Crippen LogP contribution in [0.5, 0.6) is 0 Å². The Bertz CT molecular complexity index is 7520. The molecule has 0 fully saturated rings. The summed E-state index contributed by atoms with van der Waals surface area (Å²) in [7, 11) is 7.92. The molecule has 648 valence electrons. The molecule has 0 N–H and O–H groups in total. The zero-order chi connectivity index (χ0) is 92.2. The summed E-state index contributed by atoms with van der Waals surface area (Å²) in [6, 6.07) is 167. The number of benzene rings is 20. The van der Waals surface area contributed by atoms with Crippen molar-refractivity contribution in [1.82, 2.24) is 0 Å². The van der Waals surface area contributed by atoms with Gasteiger partial charge in [0.2, 0.25) is 0 Å². The van der Waals surface area contributed by atoms with Gasteiger partial charge in [-0.25, -0.2) is 0 Å². The Morgan fingerprint density at radius 3 is 0.687 bits per heavy atom. The zero-order valence-corrected chi connectivity index (χ0v) is 74.2. The van der Waals surface area contributed by atoms with E-state index in [0.717, 1.165) is 114 Å². The summed E-state index contributed by atoms with van der Waals surface area (Å²) in [4.78, 5) is 38.7. The van der Waals surface area contributed by atoms with Crippen molar-refractivity contribution < 1.29 is 9.85 Å². The molecule has 0 saturated heterocycles. The molecule has 0 aliphatic heterocycles. The molecule has 20 aromatic carbocycles. The van der Waals surface area contributed by atoms with Crippen LogP contribution in [0.4, 0.5) is 125 Å². The van der Waals surface area contributed by atoms with Crippen molar-refractivity contribution in [3.63, 3.8) is 0 Å². The number of nitrogens with zero attached hydrogens (tertiary/aromatic N) is 12. The number of anilines is 20. The van der Waals surface area contributed by atoms with E-state index < -0.39 is 0 Å². The lowest BCUT2D eigenvalue weighted by atomic mass is 10.1. The summed E-state index contributed by atoms with van der Waals surface area (Å²) in [6.07, 6.45) is 0. The van der Waals surface area contributed by atoms with E-state index in [0.29, 0.717) is 11.1 Å². The Labute approximate surface area is 779 Å². The number of fused-ring (bicyclic) bond motifs is 4. The van der Waals surface area contributed by atoms with Gasteiger partial charge in [-0.3, -0.25) is 20.2 Å². The summed E-state index contributed by atoms with van der Waals surface area (Å²) in [5.41, 5.74) is 22.3. The Balaban J connectivity index is 0.000000124. The van der Waals surface area contributed by atoms with Crippen molar-refractivity contribution in [2.24, 2.45) is 0 Å². The highest BCUT2D eigenvalue weighted by Crippen LogP contribution is 2.46. The molecule has 16 nitrogen and oxygen atoms in total. The number of non-ortho nitro benzene ring substituents is 2. The van der Waals surface area contributed by atoms with Crippen molar-refractivity contribution in [3.05, 3.63) is 517 Å². The normalized spacial score (nSPS) is 10.6. The molecule has 0 spiro atoms. The van der Waals surface area contributed by atoms with E-state index in [1.165, 1.54) is 61.3 Å². The summed E-state index contributed by atoms with van der Waals surface area (Å²) in [5.74, 6) is 0. The third kappa shape index (κ3) is 19.8. The second-order valence-corrected chi connectivity index (χ2v) is 31.8. The number of para-hydroxylation sites is 4. The smallest absolute Gasteiger partial charge is 0.271 e. The first-order chi connectivity index (χ1) is 65.7. The van der Waals surface area contributed by atoms with Gasteiger partial charge in [-0.1, -0.05) is 231 Å². The van der Waals surface area contributed by atoms with Crippen LogP contribution in [-0.2, 0) is 0 Å².